The maximum absolute atomic E-state index is 11.7. The third-order valence-corrected chi connectivity index (χ3v) is 4.96. The molecule has 20 heavy (non-hydrogen) atoms. The van der Waals surface area contributed by atoms with Crippen LogP contribution in [0.15, 0.2) is 29.2 Å². The number of halogens is 1. The van der Waals surface area contributed by atoms with Gasteiger partial charge in [-0.2, -0.15) is 0 Å². The van der Waals surface area contributed by atoms with Crippen molar-refractivity contribution in [3.05, 3.63) is 29.8 Å². The second kappa shape index (κ2) is 5.18. The van der Waals surface area contributed by atoms with Crippen molar-refractivity contribution >= 4 is 31.5 Å². The van der Waals surface area contributed by atoms with Gasteiger partial charge in [-0.25, -0.2) is 8.42 Å². The van der Waals surface area contributed by atoms with Crippen LogP contribution in [-0.4, -0.2) is 20.2 Å². The van der Waals surface area contributed by atoms with Gasteiger partial charge >= 0.3 is 0 Å². The number of amides is 2. The smallest absolute Gasteiger partial charge is 0.261 e. The number of aryl methyl sites for hydroxylation is 1. The lowest BCUT2D eigenvalue weighted by Gasteiger charge is -2.19. The number of carbonyl (C=O) groups excluding carboxylic acids is 2. The van der Waals surface area contributed by atoms with Crippen molar-refractivity contribution in [3.63, 3.8) is 0 Å². The third kappa shape index (κ3) is 3.02. The predicted molar refractivity (Wildman–Crippen MR) is 73.7 cm³/mol. The predicted octanol–water partition coefficient (Wildman–Crippen LogP) is 1.60. The average molecular weight is 316 g/mol. The van der Waals surface area contributed by atoms with Crippen LogP contribution in [0.4, 0.5) is 0 Å². The zero-order chi connectivity index (χ0) is 15.0. The Hall–Kier alpha value is -1.40. The molecule has 0 saturated carbocycles. The van der Waals surface area contributed by atoms with Crippen molar-refractivity contribution in [3.8, 4) is 0 Å². The summed E-state index contributed by atoms with van der Waals surface area (Å²) in [6, 6.07) is 6.39. The van der Waals surface area contributed by atoms with Crippen molar-refractivity contribution in [1.82, 2.24) is 5.32 Å². The van der Waals surface area contributed by atoms with Crippen molar-refractivity contribution in [1.29, 1.82) is 0 Å². The molecule has 2 amide bonds. The van der Waals surface area contributed by atoms with E-state index in [1.54, 1.807) is 25.1 Å². The van der Waals surface area contributed by atoms with Crippen molar-refractivity contribution in [2.24, 2.45) is 5.41 Å². The number of rotatable bonds is 4. The van der Waals surface area contributed by atoms with E-state index in [0.717, 1.165) is 0 Å². The molecule has 0 aliphatic carbocycles. The zero-order valence-corrected chi connectivity index (χ0v) is 12.4. The molecule has 0 radical (unpaired) electrons. The Morgan fingerprint density at radius 3 is 2.50 bits per heavy atom. The molecule has 1 fully saturated rings. The summed E-state index contributed by atoms with van der Waals surface area (Å²) in [4.78, 5) is 23.0. The lowest BCUT2D eigenvalue weighted by Crippen LogP contribution is -2.29. The van der Waals surface area contributed by atoms with Crippen LogP contribution in [0.5, 0.6) is 0 Å². The van der Waals surface area contributed by atoms with E-state index in [0.29, 0.717) is 18.4 Å². The number of nitrogens with one attached hydrogen (secondary N) is 1. The molecule has 0 bridgehead atoms. The van der Waals surface area contributed by atoms with Crippen LogP contribution in [0.25, 0.3) is 0 Å². The monoisotopic (exact) mass is 315 g/mol. The van der Waals surface area contributed by atoms with Gasteiger partial charge in [0, 0.05) is 17.1 Å². The largest absolute Gasteiger partial charge is 0.296 e. The number of hydrogen-bond acceptors (Lipinski definition) is 4. The highest BCUT2D eigenvalue weighted by atomic mass is 35.7. The quantitative estimate of drug-likeness (QED) is 0.676. The second-order valence-electron chi connectivity index (χ2n) is 5.16. The van der Waals surface area contributed by atoms with Crippen molar-refractivity contribution < 1.29 is 18.0 Å². The van der Waals surface area contributed by atoms with E-state index in [1.807, 2.05) is 0 Å². The van der Waals surface area contributed by atoms with Crippen LogP contribution in [0.1, 0.15) is 25.3 Å². The van der Waals surface area contributed by atoms with Gasteiger partial charge in [0.05, 0.1) is 10.3 Å². The third-order valence-electron chi connectivity index (χ3n) is 3.53. The molecule has 1 saturated heterocycles. The Morgan fingerprint density at radius 1 is 1.30 bits per heavy atom. The number of carbonyl (C=O) groups is 2. The van der Waals surface area contributed by atoms with Gasteiger partial charge in [0.2, 0.25) is 11.8 Å². The molecular weight excluding hydrogens is 302 g/mol. The molecule has 108 valence electrons. The fourth-order valence-corrected chi connectivity index (χ4v) is 3.49. The highest BCUT2D eigenvalue weighted by Gasteiger charge is 2.42. The SMILES string of the molecule is CC1(CCc2ccccc2S(=O)(=O)Cl)CC(=O)NC1=O. The molecule has 1 unspecified atom stereocenters. The molecule has 1 atom stereocenters. The second-order valence-corrected chi connectivity index (χ2v) is 7.69. The Bertz CT molecular complexity index is 671. The lowest BCUT2D eigenvalue weighted by atomic mass is 9.82. The fourth-order valence-electron chi connectivity index (χ4n) is 2.32. The van der Waals surface area contributed by atoms with Crippen LogP contribution in [0.3, 0.4) is 0 Å². The van der Waals surface area contributed by atoms with E-state index in [9.17, 15) is 18.0 Å². The van der Waals surface area contributed by atoms with Gasteiger partial charge in [-0.15, -0.1) is 0 Å². The van der Waals surface area contributed by atoms with E-state index < -0.39 is 14.5 Å². The highest BCUT2D eigenvalue weighted by molar-refractivity contribution is 8.13. The molecule has 5 nitrogen and oxygen atoms in total. The first kappa shape index (κ1) is 15.0. The van der Waals surface area contributed by atoms with E-state index in [-0.39, 0.29) is 23.1 Å². The van der Waals surface area contributed by atoms with Gasteiger partial charge in [-0.1, -0.05) is 25.1 Å². The van der Waals surface area contributed by atoms with Crippen LogP contribution in [0, 0.1) is 5.41 Å². The van der Waals surface area contributed by atoms with E-state index in [4.69, 9.17) is 10.7 Å². The summed E-state index contributed by atoms with van der Waals surface area (Å²) in [6.45, 7) is 1.70. The van der Waals surface area contributed by atoms with Gasteiger partial charge in [0.1, 0.15) is 0 Å². The minimum atomic E-state index is -3.82. The maximum Gasteiger partial charge on any atom is 0.261 e. The molecule has 1 heterocycles. The van der Waals surface area contributed by atoms with Crippen LogP contribution < -0.4 is 5.32 Å². The number of benzene rings is 1. The molecule has 7 heteroatoms. The summed E-state index contributed by atoms with van der Waals surface area (Å²) in [6.07, 6.45) is 0.870. The first-order chi connectivity index (χ1) is 9.22. The first-order valence-electron chi connectivity index (χ1n) is 6.09. The molecule has 0 aromatic heterocycles. The maximum atomic E-state index is 11.7. The standard InChI is InChI=1S/C13H14ClNO4S/c1-13(8-11(16)15-12(13)17)7-6-9-4-2-3-5-10(9)20(14,18)19/h2-5H,6-8H2,1H3,(H,15,16,17). The topological polar surface area (TPSA) is 80.3 Å². The molecule has 1 aromatic rings. The summed E-state index contributed by atoms with van der Waals surface area (Å²) in [5.74, 6) is -0.607. The molecule has 0 spiro atoms. The zero-order valence-electron chi connectivity index (χ0n) is 10.8. The minimum Gasteiger partial charge on any atom is -0.296 e. The van der Waals surface area contributed by atoms with E-state index in [2.05, 4.69) is 5.32 Å². The summed E-state index contributed by atoms with van der Waals surface area (Å²) in [7, 11) is 1.57. The van der Waals surface area contributed by atoms with Crippen LogP contribution >= 0.6 is 10.7 Å². The van der Waals surface area contributed by atoms with Gasteiger partial charge in [0.25, 0.3) is 9.05 Å². The average Bonchev–Trinajstić information content (AvgIpc) is 2.60. The molecular formula is C13H14ClNO4S. The van der Waals surface area contributed by atoms with Gasteiger partial charge < -0.3 is 0 Å². The van der Waals surface area contributed by atoms with Crippen LogP contribution in [-0.2, 0) is 25.1 Å². The van der Waals surface area contributed by atoms with Crippen molar-refractivity contribution in [2.75, 3.05) is 0 Å². The summed E-state index contributed by atoms with van der Waals surface area (Å²) in [5.41, 5.74) is -0.240. The summed E-state index contributed by atoms with van der Waals surface area (Å²) in [5, 5.41) is 2.27. The molecule has 1 N–H and O–H groups in total. The van der Waals surface area contributed by atoms with Gasteiger partial charge in [-0.05, 0) is 24.5 Å². The summed E-state index contributed by atoms with van der Waals surface area (Å²) < 4.78 is 23.0. The number of imide groups is 1. The highest BCUT2D eigenvalue weighted by Crippen LogP contribution is 2.33. The normalized spacial score (nSPS) is 22.9. The molecule has 1 aliphatic rings. The number of hydrogen-bond donors (Lipinski definition) is 1. The molecule has 1 aliphatic heterocycles. The van der Waals surface area contributed by atoms with Crippen LogP contribution in [0.2, 0.25) is 0 Å². The summed E-state index contributed by atoms with van der Waals surface area (Å²) >= 11 is 0. The van der Waals surface area contributed by atoms with E-state index in [1.165, 1.54) is 6.07 Å². The fraction of sp³-hybridized carbons (Fsp3) is 0.385. The lowest BCUT2D eigenvalue weighted by molar-refractivity contribution is -0.128. The molecule has 2 rings (SSSR count). The Morgan fingerprint density at radius 2 is 1.95 bits per heavy atom. The Kier molecular flexibility index (Phi) is 3.88. The van der Waals surface area contributed by atoms with Gasteiger partial charge in [-0.3, -0.25) is 14.9 Å². The first-order valence-corrected chi connectivity index (χ1v) is 8.40. The minimum absolute atomic E-state index is 0.0509. The Balaban J connectivity index is 2.21. The molecule has 1 aromatic carbocycles. The van der Waals surface area contributed by atoms with Crippen molar-refractivity contribution in [2.45, 2.75) is 31.1 Å². The van der Waals surface area contributed by atoms with E-state index >= 15 is 0 Å². The van der Waals surface area contributed by atoms with Gasteiger partial charge in [0.15, 0.2) is 0 Å². The Labute approximate surface area is 121 Å².